The Morgan fingerprint density at radius 2 is 1.89 bits per heavy atom. The molecule has 3 heteroatoms. The summed E-state index contributed by atoms with van der Waals surface area (Å²) in [5.74, 6) is 1.61. The van der Waals surface area contributed by atoms with Crippen molar-refractivity contribution in [1.82, 2.24) is 0 Å². The van der Waals surface area contributed by atoms with Gasteiger partial charge in [-0.25, -0.2) is 0 Å². The van der Waals surface area contributed by atoms with Gasteiger partial charge in [-0.3, -0.25) is 4.79 Å². The molecule has 4 atom stereocenters. The van der Waals surface area contributed by atoms with Crippen molar-refractivity contribution < 1.29 is 9.53 Å². The molecule has 0 amide bonds. The molecular formula is C24H38O2Si. The number of ketones is 1. The van der Waals surface area contributed by atoms with Gasteiger partial charge in [0.2, 0.25) is 0 Å². The number of hydrogen-bond donors (Lipinski definition) is 0. The van der Waals surface area contributed by atoms with Gasteiger partial charge >= 0.3 is 0 Å². The summed E-state index contributed by atoms with van der Waals surface area (Å²) in [5.41, 5.74) is 1.19. The highest BCUT2D eigenvalue weighted by atomic mass is 28.3. The summed E-state index contributed by atoms with van der Waals surface area (Å²) >= 11 is 0. The molecule has 1 aromatic carbocycles. The van der Waals surface area contributed by atoms with Crippen molar-refractivity contribution in [3.63, 3.8) is 0 Å². The molecule has 150 valence electrons. The maximum absolute atomic E-state index is 13.2. The van der Waals surface area contributed by atoms with Crippen molar-refractivity contribution in [2.45, 2.75) is 66.3 Å². The fraction of sp³-hybridized carbons (Fsp3) is 0.625. The van der Waals surface area contributed by atoms with Crippen molar-refractivity contribution in [3.05, 3.63) is 47.2 Å². The van der Waals surface area contributed by atoms with E-state index in [1.54, 1.807) is 0 Å². The van der Waals surface area contributed by atoms with E-state index in [0.29, 0.717) is 30.8 Å². The van der Waals surface area contributed by atoms with E-state index < -0.39 is 8.07 Å². The predicted octanol–water partition coefficient (Wildman–Crippen LogP) is 6.28. The largest absolute Gasteiger partial charge is 0.376 e. The van der Waals surface area contributed by atoms with Crippen molar-refractivity contribution >= 4 is 13.9 Å². The van der Waals surface area contributed by atoms with Crippen LogP contribution in [0.3, 0.4) is 0 Å². The van der Waals surface area contributed by atoms with Gasteiger partial charge in [0.15, 0.2) is 0 Å². The van der Waals surface area contributed by atoms with Crippen LogP contribution in [0.4, 0.5) is 0 Å². The third-order valence-electron chi connectivity index (χ3n) is 6.39. The van der Waals surface area contributed by atoms with Crippen LogP contribution in [0.25, 0.3) is 0 Å². The van der Waals surface area contributed by atoms with Gasteiger partial charge in [-0.15, -0.1) is 0 Å². The molecule has 0 N–H and O–H groups in total. The molecule has 2 nitrogen and oxygen atoms in total. The maximum Gasteiger partial charge on any atom is 0.139 e. The average Bonchev–Trinajstić information content (AvgIpc) is 2.61. The summed E-state index contributed by atoms with van der Waals surface area (Å²) in [5, 5.41) is 1.52. The number of ether oxygens (including phenoxy) is 1. The quantitative estimate of drug-likeness (QED) is 0.491. The minimum absolute atomic E-state index is 0.155. The molecule has 1 fully saturated rings. The molecule has 1 aliphatic rings. The molecular weight excluding hydrogens is 348 g/mol. The SMILES string of the molecule is C/C(=C\C[C@@H]1C(=O)C([C@@H](C)COCc2ccccc2)CC[C@H]1C)[Si](C)(C)C. The number of carbonyl (C=O) groups excluding carboxylic acids is 1. The number of Topliss-reactive ketones (excluding diaryl/α,β-unsaturated/α-hetero) is 1. The Bertz CT molecular complexity index is 630. The highest BCUT2D eigenvalue weighted by molar-refractivity contribution is 6.82. The summed E-state index contributed by atoms with van der Waals surface area (Å²) in [6, 6.07) is 10.3. The van der Waals surface area contributed by atoms with Crippen LogP contribution in [0.2, 0.25) is 19.6 Å². The lowest BCUT2D eigenvalue weighted by Gasteiger charge is -2.35. The summed E-state index contributed by atoms with van der Waals surface area (Å²) in [6.07, 6.45) is 5.46. The molecule has 0 aliphatic heterocycles. The van der Waals surface area contributed by atoms with E-state index in [1.807, 2.05) is 18.2 Å². The molecule has 0 radical (unpaired) electrons. The van der Waals surface area contributed by atoms with E-state index in [-0.39, 0.29) is 11.8 Å². The van der Waals surface area contributed by atoms with Crippen LogP contribution in [0.5, 0.6) is 0 Å². The van der Waals surface area contributed by atoms with Crippen molar-refractivity contribution in [1.29, 1.82) is 0 Å². The predicted molar refractivity (Wildman–Crippen MR) is 117 cm³/mol. The van der Waals surface area contributed by atoms with Gasteiger partial charge in [0.25, 0.3) is 0 Å². The molecule has 2 rings (SSSR count). The highest BCUT2D eigenvalue weighted by Crippen LogP contribution is 2.37. The number of carbonyl (C=O) groups is 1. The molecule has 0 saturated heterocycles. The molecule has 1 aliphatic carbocycles. The minimum Gasteiger partial charge on any atom is -0.376 e. The third-order valence-corrected chi connectivity index (χ3v) is 8.96. The lowest BCUT2D eigenvalue weighted by atomic mass is 9.69. The highest BCUT2D eigenvalue weighted by Gasteiger charge is 2.37. The monoisotopic (exact) mass is 386 g/mol. The molecule has 1 aromatic rings. The fourth-order valence-electron chi connectivity index (χ4n) is 3.92. The Kier molecular flexibility index (Phi) is 8.05. The lowest BCUT2D eigenvalue weighted by molar-refractivity contribution is -0.134. The lowest BCUT2D eigenvalue weighted by Crippen LogP contribution is -2.38. The summed E-state index contributed by atoms with van der Waals surface area (Å²) < 4.78 is 5.93. The van der Waals surface area contributed by atoms with Crippen molar-refractivity contribution in [3.8, 4) is 0 Å². The zero-order valence-electron chi connectivity index (χ0n) is 18.1. The standard InChI is InChI=1S/C24H38O2Si/c1-18-12-14-23(19(2)16-26-17-21-10-8-7-9-11-21)24(25)22(18)15-13-20(3)27(4,5)6/h7-11,13,18-19,22-23H,12,14-17H2,1-6H3/b20-13+/t18-,19+,22+,23?/m1/s1. The van der Waals surface area contributed by atoms with Crippen LogP contribution in [0.15, 0.2) is 41.6 Å². The van der Waals surface area contributed by atoms with Gasteiger partial charge in [-0.1, -0.05) is 75.1 Å². The van der Waals surface area contributed by atoms with E-state index in [9.17, 15) is 4.79 Å². The van der Waals surface area contributed by atoms with Crippen LogP contribution < -0.4 is 0 Å². The van der Waals surface area contributed by atoms with Gasteiger partial charge in [0.05, 0.1) is 21.3 Å². The average molecular weight is 387 g/mol. The van der Waals surface area contributed by atoms with Gasteiger partial charge in [0, 0.05) is 11.8 Å². The Morgan fingerprint density at radius 3 is 2.52 bits per heavy atom. The fourth-order valence-corrected chi connectivity index (χ4v) is 4.65. The number of hydrogen-bond acceptors (Lipinski definition) is 2. The van der Waals surface area contributed by atoms with Crippen molar-refractivity contribution in [2.24, 2.45) is 23.7 Å². The Labute approximate surface area is 167 Å². The van der Waals surface area contributed by atoms with Gasteiger partial charge in [-0.2, -0.15) is 0 Å². The van der Waals surface area contributed by atoms with E-state index in [0.717, 1.165) is 19.3 Å². The Balaban J connectivity index is 1.92. The van der Waals surface area contributed by atoms with Crippen LogP contribution in [-0.4, -0.2) is 20.5 Å². The third kappa shape index (κ3) is 6.43. The van der Waals surface area contributed by atoms with Crippen LogP contribution >= 0.6 is 0 Å². The normalized spacial score (nSPS) is 25.5. The number of allylic oxidation sites excluding steroid dienone is 2. The van der Waals surface area contributed by atoms with Crippen LogP contribution in [-0.2, 0) is 16.1 Å². The number of benzene rings is 1. The zero-order chi connectivity index (χ0) is 20.0. The topological polar surface area (TPSA) is 26.3 Å². The Hall–Kier alpha value is -1.19. The van der Waals surface area contributed by atoms with Crippen molar-refractivity contribution in [2.75, 3.05) is 6.61 Å². The maximum atomic E-state index is 13.2. The summed E-state index contributed by atoms with van der Waals surface area (Å²) in [7, 11) is -1.25. The molecule has 0 spiro atoms. The molecule has 27 heavy (non-hydrogen) atoms. The minimum atomic E-state index is -1.25. The molecule has 0 aromatic heterocycles. The first-order chi connectivity index (χ1) is 12.7. The molecule has 1 unspecified atom stereocenters. The second-order valence-corrected chi connectivity index (χ2v) is 14.8. The summed E-state index contributed by atoms with van der Waals surface area (Å²) in [4.78, 5) is 13.2. The van der Waals surface area contributed by atoms with Crippen LogP contribution in [0, 0.1) is 23.7 Å². The van der Waals surface area contributed by atoms with Crippen LogP contribution in [0.1, 0.15) is 45.6 Å². The summed E-state index contributed by atoms with van der Waals surface area (Å²) in [6.45, 7) is 15.1. The second kappa shape index (κ2) is 9.84. The first-order valence-corrected chi connectivity index (χ1v) is 14.0. The second-order valence-electron chi connectivity index (χ2n) is 9.52. The Morgan fingerprint density at radius 1 is 1.22 bits per heavy atom. The van der Waals surface area contributed by atoms with Gasteiger partial charge in [0.1, 0.15) is 5.78 Å². The first kappa shape index (κ1) is 22.1. The van der Waals surface area contributed by atoms with Gasteiger partial charge in [-0.05, 0) is 43.6 Å². The van der Waals surface area contributed by atoms with E-state index in [2.05, 4.69) is 58.6 Å². The van der Waals surface area contributed by atoms with E-state index >= 15 is 0 Å². The first-order valence-electron chi connectivity index (χ1n) is 10.5. The zero-order valence-corrected chi connectivity index (χ0v) is 19.1. The number of rotatable bonds is 8. The molecule has 0 bridgehead atoms. The van der Waals surface area contributed by atoms with Gasteiger partial charge < -0.3 is 4.74 Å². The smallest absolute Gasteiger partial charge is 0.139 e. The molecule has 0 heterocycles. The molecule has 1 saturated carbocycles. The van der Waals surface area contributed by atoms with E-state index in [4.69, 9.17) is 4.74 Å². The van der Waals surface area contributed by atoms with E-state index in [1.165, 1.54) is 10.8 Å².